The number of aliphatic hydroxyl groups excluding tert-OH is 1. The molecule has 0 bridgehead atoms. The van der Waals surface area contributed by atoms with E-state index in [1.54, 1.807) is 17.8 Å². The highest BCUT2D eigenvalue weighted by atomic mass is 32.1. The Bertz CT molecular complexity index is 294. The molecule has 1 heterocycles. The van der Waals surface area contributed by atoms with Gasteiger partial charge >= 0.3 is 0 Å². The first-order valence-electron chi connectivity index (χ1n) is 4.43. The second-order valence-electron chi connectivity index (χ2n) is 3.40. The van der Waals surface area contributed by atoms with Gasteiger partial charge in [-0.25, -0.2) is 4.98 Å². The second kappa shape index (κ2) is 4.52. The van der Waals surface area contributed by atoms with Gasteiger partial charge in [-0.05, 0) is 13.3 Å². The largest absolute Gasteiger partial charge is 0.394 e. The van der Waals surface area contributed by atoms with Gasteiger partial charge in [0.15, 0.2) is 0 Å². The third-order valence-electron chi connectivity index (χ3n) is 2.21. The van der Waals surface area contributed by atoms with Gasteiger partial charge in [0.25, 0.3) is 5.91 Å². The van der Waals surface area contributed by atoms with Crippen LogP contribution in [0.4, 0.5) is 0 Å². The Morgan fingerprint density at radius 1 is 1.79 bits per heavy atom. The third kappa shape index (κ3) is 2.52. The highest BCUT2D eigenvalue weighted by Crippen LogP contribution is 2.09. The molecule has 0 aromatic carbocycles. The Morgan fingerprint density at radius 3 is 2.93 bits per heavy atom. The molecule has 0 saturated heterocycles. The van der Waals surface area contributed by atoms with Crippen molar-refractivity contribution in [2.24, 2.45) is 0 Å². The van der Waals surface area contributed by atoms with Crippen LogP contribution in [0, 0.1) is 0 Å². The topological polar surface area (TPSA) is 62.2 Å². The molecular formula is C9H14N2O2S. The predicted molar refractivity (Wildman–Crippen MR) is 55.4 cm³/mol. The van der Waals surface area contributed by atoms with E-state index in [2.05, 4.69) is 10.3 Å². The van der Waals surface area contributed by atoms with E-state index >= 15 is 0 Å². The van der Waals surface area contributed by atoms with Crippen LogP contribution in [0.15, 0.2) is 10.9 Å². The summed E-state index contributed by atoms with van der Waals surface area (Å²) in [4.78, 5) is 15.5. The van der Waals surface area contributed by atoms with Crippen LogP contribution in [0.3, 0.4) is 0 Å². The molecule has 0 aliphatic carbocycles. The Labute approximate surface area is 87.0 Å². The molecule has 1 aromatic heterocycles. The van der Waals surface area contributed by atoms with Crippen molar-refractivity contribution in [2.45, 2.75) is 25.8 Å². The molecule has 0 spiro atoms. The van der Waals surface area contributed by atoms with Crippen molar-refractivity contribution in [1.82, 2.24) is 10.3 Å². The van der Waals surface area contributed by atoms with Crippen LogP contribution < -0.4 is 5.32 Å². The molecular weight excluding hydrogens is 200 g/mol. The molecule has 4 nitrogen and oxygen atoms in total. The molecule has 0 aliphatic heterocycles. The summed E-state index contributed by atoms with van der Waals surface area (Å²) in [6.45, 7) is 3.65. The zero-order valence-corrected chi connectivity index (χ0v) is 9.10. The minimum absolute atomic E-state index is 0.0701. The molecule has 5 heteroatoms. The normalized spacial score (nSPS) is 14.8. The van der Waals surface area contributed by atoms with E-state index in [1.165, 1.54) is 11.3 Å². The Hall–Kier alpha value is -0.940. The maximum atomic E-state index is 11.6. The van der Waals surface area contributed by atoms with Crippen molar-refractivity contribution in [1.29, 1.82) is 0 Å². The summed E-state index contributed by atoms with van der Waals surface area (Å²) in [6, 6.07) is 0. The molecule has 1 atom stereocenters. The maximum Gasteiger partial charge on any atom is 0.271 e. The number of thiazole rings is 1. The summed E-state index contributed by atoms with van der Waals surface area (Å²) < 4.78 is 0. The van der Waals surface area contributed by atoms with Crippen LogP contribution in [0.5, 0.6) is 0 Å². The number of carbonyl (C=O) groups is 1. The maximum absolute atomic E-state index is 11.6. The molecule has 0 radical (unpaired) electrons. The first-order chi connectivity index (χ1) is 6.61. The van der Waals surface area contributed by atoms with E-state index in [0.29, 0.717) is 12.1 Å². The summed E-state index contributed by atoms with van der Waals surface area (Å²) in [5, 5.41) is 13.5. The van der Waals surface area contributed by atoms with Crippen molar-refractivity contribution in [3.05, 3.63) is 16.6 Å². The van der Waals surface area contributed by atoms with Gasteiger partial charge < -0.3 is 10.4 Å². The molecule has 0 fully saturated rings. The molecule has 14 heavy (non-hydrogen) atoms. The van der Waals surface area contributed by atoms with Gasteiger partial charge in [-0.3, -0.25) is 4.79 Å². The van der Waals surface area contributed by atoms with Gasteiger partial charge in [0.2, 0.25) is 0 Å². The quantitative estimate of drug-likeness (QED) is 0.787. The summed E-state index contributed by atoms with van der Waals surface area (Å²) in [7, 11) is 0. The number of aliphatic hydroxyl groups is 1. The van der Waals surface area contributed by atoms with Crippen LogP contribution in [0.2, 0.25) is 0 Å². The number of carbonyl (C=O) groups excluding carboxylic acids is 1. The van der Waals surface area contributed by atoms with Crippen molar-refractivity contribution >= 4 is 17.2 Å². The van der Waals surface area contributed by atoms with E-state index in [4.69, 9.17) is 5.11 Å². The molecule has 1 aromatic rings. The second-order valence-corrected chi connectivity index (χ2v) is 4.12. The van der Waals surface area contributed by atoms with E-state index < -0.39 is 5.54 Å². The standard InChI is InChI=1S/C9H14N2O2S/c1-3-9(2,5-12)11-8(13)7-4-14-6-10-7/h4,6,12H,3,5H2,1-2H3,(H,11,13). The number of amides is 1. The Balaban J connectivity index is 2.65. The van der Waals surface area contributed by atoms with Crippen LogP contribution in [0.1, 0.15) is 30.8 Å². The number of hydrogen-bond donors (Lipinski definition) is 2. The fraction of sp³-hybridized carbons (Fsp3) is 0.556. The summed E-state index contributed by atoms with van der Waals surface area (Å²) >= 11 is 1.37. The van der Waals surface area contributed by atoms with E-state index in [-0.39, 0.29) is 12.5 Å². The number of aromatic nitrogens is 1. The average molecular weight is 214 g/mol. The number of nitrogens with one attached hydrogen (secondary N) is 1. The molecule has 1 rings (SSSR count). The molecule has 1 unspecified atom stereocenters. The van der Waals surface area contributed by atoms with Gasteiger partial charge in [0.1, 0.15) is 5.69 Å². The first-order valence-corrected chi connectivity index (χ1v) is 5.37. The number of hydrogen-bond acceptors (Lipinski definition) is 4. The average Bonchev–Trinajstić information content (AvgIpc) is 2.70. The fourth-order valence-corrected chi connectivity index (χ4v) is 1.43. The number of nitrogens with zero attached hydrogens (tertiary/aromatic N) is 1. The van der Waals surface area contributed by atoms with Crippen molar-refractivity contribution in [2.75, 3.05) is 6.61 Å². The SMILES string of the molecule is CCC(C)(CO)NC(=O)c1cscn1. The van der Waals surface area contributed by atoms with E-state index in [0.717, 1.165) is 0 Å². The highest BCUT2D eigenvalue weighted by Gasteiger charge is 2.24. The van der Waals surface area contributed by atoms with E-state index in [9.17, 15) is 4.79 Å². The first kappa shape index (κ1) is 11.1. The Morgan fingerprint density at radius 2 is 2.50 bits per heavy atom. The van der Waals surface area contributed by atoms with Crippen LogP contribution in [-0.2, 0) is 0 Å². The van der Waals surface area contributed by atoms with Crippen molar-refractivity contribution in [3.63, 3.8) is 0 Å². The monoisotopic (exact) mass is 214 g/mol. The molecule has 1 amide bonds. The van der Waals surface area contributed by atoms with Gasteiger partial charge in [-0.15, -0.1) is 11.3 Å². The minimum atomic E-state index is -0.555. The van der Waals surface area contributed by atoms with Crippen LogP contribution in [-0.4, -0.2) is 28.1 Å². The van der Waals surface area contributed by atoms with Gasteiger partial charge in [0.05, 0.1) is 17.7 Å². The third-order valence-corrected chi connectivity index (χ3v) is 2.80. The van der Waals surface area contributed by atoms with Crippen molar-refractivity contribution in [3.8, 4) is 0 Å². The molecule has 78 valence electrons. The lowest BCUT2D eigenvalue weighted by molar-refractivity contribution is 0.0843. The zero-order valence-electron chi connectivity index (χ0n) is 8.28. The van der Waals surface area contributed by atoms with Crippen molar-refractivity contribution < 1.29 is 9.90 Å². The lowest BCUT2D eigenvalue weighted by atomic mass is 10.0. The fourth-order valence-electron chi connectivity index (χ4n) is 0.903. The Kier molecular flexibility index (Phi) is 3.60. The van der Waals surface area contributed by atoms with E-state index in [1.807, 2.05) is 6.92 Å². The number of rotatable bonds is 4. The molecule has 0 aliphatic rings. The van der Waals surface area contributed by atoms with Crippen LogP contribution >= 0.6 is 11.3 Å². The lowest BCUT2D eigenvalue weighted by Gasteiger charge is -2.26. The molecule has 0 saturated carbocycles. The summed E-state index contributed by atoms with van der Waals surface area (Å²) in [5.74, 6) is -0.232. The predicted octanol–water partition coefficient (Wildman–Crippen LogP) is 1.03. The van der Waals surface area contributed by atoms with Gasteiger partial charge in [-0.1, -0.05) is 6.92 Å². The smallest absolute Gasteiger partial charge is 0.271 e. The molecule has 2 N–H and O–H groups in total. The highest BCUT2D eigenvalue weighted by molar-refractivity contribution is 7.07. The minimum Gasteiger partial charge on any atom is -0.394 e. The van der Waals surface area contributed by atoms with Gasteiger partial charge in [-0.2, -0.15) is 0 Å². The zero-order chi connectivity index (χ0) is 10.6. The van der Waals surface area contributed by atoms with Crippen LogP contribution in [0.25, 0.3) is 0 Å². The van der Waals surface area contributed by atoms with Gasteiger partial charge in [0, 0.05) is 5.38 Å². The lowest BCUT2D eigenvalue weighted by Crippen LogP contribution is -2.48. The summed E-state index contributed by atoms with van der Waals surface area (Å²) in [6.07, 6.45) is 0.680. The summed E-state index contributed by atoms with van der Waals surface area (Å²) in [5.41, 5.74) is 1.46.